The van der Waals surface area contributed by atoms with Crippen molar-refractivity contribution in [1.82, 2.24) is 9.80 Å². The van der Waals surface area contributed by atoms with Gasteiger partial charge in [-0.1, -0.05) is 44.2 Å². The van der Waals surface area contributed by atoms with Gasteiger partial charge < -0.3 is 9.80 Å². The Morgan fingerprint density at radius 2 is 1.88 bits per heavy atom. The monoisotopic (exact) mass is 330 g/mol. The number of hydrogen-bond acceptors (Lipinski definition) is 2. The number of aryl methyl sites for hydroxylation is 1. The highest BCUT2D eigenvalue weighted by Crippen LogP contribution is 2.16. The molecular weight excluding hydrogens is 300 g/mol. The van der Waals surface area contributed by atoms with Gasteiger partial charge in [0.25, 0.3) is 0 Å². The lowest BCUT2D eigenvalue weighted by Crippen LogP contribution is -2.58. The van der Waals surface area contributed by atoms with Gasteiger partial charge in [-0.25, -0.2) is 0 Å². The Morgan fingerprint density at radius 1 is 1.17 bits per heavy atom. The molecule has 0 bridgehead atoms. The normalized spacial score (nSPS) is 18.3. The smallest absolute Gasteiger partial charge is 0.245 e. The third-order valence-electron chi connectivity index (χ3n) is 4.60. The lowest BCUT2D eigenvalue weighted by molar-refractivity contribution is -0.151. The van der Waals surface area contributed by atoms with Crippen molar-refractivity contribution in [3.8, 4) is 0 Å². The number of carbonyl (C=O) groups is 2. The van der Waals surface area contributed by atoms with Crippen LogP contribution in [-0.4, -0.2) is 47.3 Å². The molecule has 0 spiro atoms. The summed E-state index contributed by atoms with van der Waals surface area (Å²) in [5.74, 6) is 0.669. The van der Waals surface area contributed by atoms with Crippen LogP contribution in [-0.2, 0) is 16.0 Å². The third kappa shape index (κ3) is 5.08. The largest absolute Gasteiger partial charge is 0.339 e. The zero-order chi connectivity index (χ0) is 17.5. The maximum absolute atomic E-state index is 12.4. The molecule has 1 aromatic carbocycles. The molecule has 1 atom stereocenters. The third-order valence-corrected chi connectivity index (χ3v) is 4.60. The fourth-order valence-electron chi connectivity index (χ4n) is 3.29. The molecule has 4 heteroatoms. The molecule has 0 aromatic heterocycles. The first-order chi connectivity index (χ1) is 11.5. The minimum Gasteiger partial charge on any atom is -0.339 e. The summed E-state index contributed by atoms with van der Waals surface area (Å²) in [6.07, 6.45) is 3.42. The van der Waals surface area contributed by atoms with Crippen LogP contribution in [0.5, 0.6) is 0 Å². The van der Waals surface area contributed by atoms with Gasteiger partial charge >= 0.3 is 0 Å². The van der Waals surface area contributed by atoms with E-state index in [1.54, 1.807) is 4.90 Å². The standard InChI is InChI=1S/C20H30N2O2/c1-16(2)15-21-13-14-22(17(3)20(21)24)19(23)12-8-7-11-18-9-5-4-6-10-18/h4-6,9-10,16-17H,7-8,11-15H2,1-3H3. The van der Waals surface area contributed by atoms with Crippen molar-refractivity contribution in [3.63, 3.8) is 0 Å². The Hall–Kier alpha value is -1.84. The highest BCUT2D eigenvalue weighted by Gasteiger charge is 2.33. The van der Waals surface area contributed by atoms with E-state index in [1.165, 1.54) is 5.56 Å². The molecule has 1 aromatic rings. The summed E-state index contributed by atoms with van der Waals surface area (Å²) in [7, 11) is 0. The highest BCUT2D eigenvalue weighted by molar-refractivity contribution is 5.88. The minimum absolute atomic E-state index is 0.0904. The van der Waals surface area contributed by atoms with E-state index in [-0.39, 0.29) is 17.9 Å². The average molecular weight is 330 g/mol. The molecule has 4 nitrogen and oxygen atoms in total. The number of benzene rings is 1. The Balaban J connectivity index is 1.75. The van der Waals surface area contributed by atoms with Crippen LogP contribution in [0.4, 0.5) is 0 Å². The van der Waals surface area contributed by atoms with Crippen LogP contribution in [0.15, 0.2) is 30.3 Å². The second kappa shape index (κ2) is 8.86. The Bertz CT molecular complexity index is 542. The second-order valence-electron chi connectivity index (χ2n) is 7.13. The van der Waals surface area contributed by atoms with Crippen LogP contribution >= 0.6 is 0 Å². The molecule has 0 saturated carbocycles. The zero-order valence-electron chi connectivity index (χ0n) is 15.2. The molecule has 0 N–H and O–H groups in total. The van der Waals surface area contributed by atoms with E-state index in [0.717, 1.165) is 25.8 Å². The lowest BCUT2D eigenvalue weighted by atomic mass is 10.1. The number of amides is 2. The van der Waals surface area contributed by atoms with Crippen LogP contribution in [0.3, 0.4) is 0 Å². The van der Waals surface area contributed by atoms with Crippen LogP contribution in [0.2, 0.25) is 0 Å². The molecule has 1 aliphatic rings. The molecular formula is C20H30N2O2. The summed E-state index contributed by atoms with van der Waals surface area (Å²) >= 11 is 0. The average Bonchev–Trinajstić information content (AvgIpc) is 2.56. The van der Waals surface area contributed by atoms with Gasteiger partial charge in [0.05, 0.1) is 0 Å². The van der Waals surface area contributed by atoms with E-state index in [1.807, 2.05) is 30.0 Å². The van der Waals surface area contributed by atoms with E-state index in [9.17, 15) is 9.59 Å². The van der Waals surface area contributed by atoms with Crippen LogP contribution in [0.25, 0.3) is 0 Å². The first kappa shape index (κ1) is 18.5. The van der Waals surface area contributed by atoms with Crippen molar-refractivity contribution < 1.29 is 9.59 Å². The summed E-state index contributed by atoms with van der Waals surface area (Å²) in [6.45, 7) is 8.19. The number of piperazine rings is 1. The van der Waals surface area contributed by atoms with Crippen molar-refractivity contribution in [2.24, 2.45) is 5.92 Å². The number of hydrogen-bond donors (Lipinski definition) is 0. The first-order valence-electron chi connectivity index (χ1n) is 9.11. The molecule has 2 amide bonds. The number of rotatable bonds is 7. The van der Waals surface area contributed by atoms with Gasteiger partial charge in [0.2, 0.25) is 11.8 Å². The quantitative estimate of drug-likeness (QED) is 0.721. The summed E-state index contributed by atoms with van der Waals surface area (Å²) in [5, 5.41) is 0. The Kier molecular flexibility index (Phi) is 6.83. The predicted octanol–water partition coefficient (Wildman–Crippen LogP) is 3.11. The summed E-state index contributed by atoms with van der Waals surface area (Å²) in [5.41, 5.74) is 1.32. The van der Waals surface area contributed by atoms with Gasteiger partial charge in [0.1, 0.15) is 6.04 Å². The maximum atomic E-state index is 12.4. The zero-order valence-corrected chi connectivity index (χ0v) is 15.2. The van der Waals surface area contributed by atoms with E-state index in [2.05, 4.69) is 26.0 Å². The summed E-state index contributed by atoms with van der Waals surface area (Å²) in [6, 6.07) is 10.0. The molecule has 0 radical (unpaired) electrons. The number of unbranched alkanes of at least 4 members (excludes halogenated alkanes) is 1. The van der Waals surface area contributed by atoms with Gasteiger partial charge in [-0.2, -0.15) is 0 Å². The van der Waals surface area contributed by atoms with Gasteiger partial charge in [0, 0.05) is 26.1 Å². The Morgan fingerprint density at radius 3 is 2.54 bits per heavy atom. The van der Waals surface area contributed by atoms with Crippen molar-refractivity contribution >= 4 is 11.8 Å². The SMILES string of the molecule is CC(C)CN1CCN(C(=O)CCCCc2ccccc2)C(C)C1=O. The van der Waals surface area contributed by atoms with E-state index < -0.39 is 0 Å². The van der Waals surface area contributed by atoms with E-state index in [4.69, 9.17) is 0 Å². The second-order valence-corrected chi connectivity index (χ2v) is 7.13. The number of carbonyl (C=O) groups excluding carboxylic acids is 2. The van der Waals surface area contributed by atoms with Crippen molar-refractivity contribution in [1.29, 1.82) is 0 Å². The molecule has 1 aliphatic heterocycles. The van der Waals surface area contributed by atoms with Gasteiger partial charge in [0.15, 0.2) is 0 Å². The van der Waals surface area contributed by atoms with Crippen molar-refractivity contribution in [3.05, 3.63) is 35.9 Å². The predicted molar refractivity (Wildman–Crippen MR) is 96.6 cm³/mol. The molecule has 24 heavy (non-hydrogen) atoms. The summed E-state index contributed by atoms with van der Waals surface area (Å²) < 4.78 is 0. The summed E-state index contributed by atoms with van der Waals surface area (Å²) in [4.78, 5) is 28.5. The van der Waals surface area contributed by atoms with Crippen molar-refractivity contribution in [2.45, 2.75) is 52.5 Å². The highest BCUT2D eigenvalue weighted by atomic mass is 16.2. The van der Waals surface area contributed by atoms with Crippen LogP contribution in [0, 0.1) is 5.92 Å². The first-order valence-corrected chi connectivity index (χ1v) is 9.11. The molecule has 132 valence electrons. The molecule has 0 aliphatic carbocycles. The fraction of sp³-hybridized carbons (Fsp3) is 0.600. The topological polar surface area (TPSA) is 40.6 Å². The molecule has 1 saturated heterocycles. The Labute approximate surface area is 145 Å². The van der Waals surface area contributed by atoms with E-state index in [0.29, 0.717) is 25.4 Å². The van der Waals surface area contributed by atoms with E-state index >= 15 is 0 Å². The van der Waals surface area contributed by atoms with Crippen LogP contribution in [0.1, 0.15) is 45.6 Å². The molecule has 2 rings (SSSR count). The van der Waals surface area contributed by atoms with Gasteiger partial charge in [-0.05, 0) is 37.7 Å². The van der Waals surface area contributed by atoms with Gasteiger partial charge in [-0.3, -0.25) is 9.59 Å². The maximum Gasteiger partial charge on any atom is 0.245 e. The number of nitrogens with zero attached hydrogens (tertiary/aromatic N) is 2. The molecule has 1 unspecified atom stereocenters. The minimum atomic E-state index is -0.320. The molecule has 1 fully saturated rings. The lowest BCUT2D eigenvalue weighted by Gasteiger charge is -2.39. The van der Waals surface area contributed by atoms with Crippen LogP contribution < -0.4 is 0 Å². The van der Waals surface area contributed by atoms with Gasteiger partial charge in [-0.15, -0.1) is 0 Å². The molecule has 1 heterocycles. The fourth-order valence-corrected chi connectivity index (χ4v) is 3.29. The van der Waals surface area contributed by atoms with Crippen molar-refractivity contribution in [2.75, 3.05) is 19.6 Å².